The lowest BCUT2D eigenvalue weighted by Gasteiger charge is -2.26. The van der Waals surface area contributed by atoms with Crippen molar-refractivity contribution in [1.29, 1.82) is 0 Å². The largest absolute Gasteiger partial charge is 0.493 e. The van der Waals surface area contributed by atoms with E-state index in [0.29, 0.717) is 44.2 Å². The van der Waals surface area contributed by atoms with Crippen LogP contribution in [0.5, 0.6) is 11.5 Å². The number of esters is 1. The number of methoxy groups -OCH3 is 1. The minimum atomic E-state index is -4.69. The lowest BCUT2D eigenvalue weighted by Crippen LogP contribution is -2.40. The van der Waals surface area contributed by atoms with Gasteiger partial charge in [-0.1, -0.05) is 57.6 Å². The number of aromatic nitrogens is 3. The molecule has 0 saturated heterocycles. The Hall–Kier alpha value is -4.67. The molecule has 0 fully saturated rings. The number of hydrogen-bond acceptors (Lipinski definition) is 11. The maximum Gasteiger partial charge on any atom is 0.433 e. The van der Waals surface area contributed by atoms with E-state index in [1.807, 2.05) is 6.92 Å². The Kier molecular flexibility index (Phi) is 10.6. The van der Waals surface area contributed by atoms with Gasteiger partial charge in [-0.05, 0) is 68.4 Å². The van der Waals surface area contributed by atoms with E-state index in [1.54, 1.807) is 68.4 Å². The van der Waals surface area contributed by atoms with Gasteiger partial charge in [0.1, 0.15) is 11.5 Å². The molecule has 16 heteroatoms. The van der Waals surface area contributed by atoms with E-state index < -0.39 is 29.4 Å². The molecule has 0 spiro atoms. The third-order valence-electron chi connectivity index (χ3n) is 7.53. The summed E-state index contributed by atoms with van der Waals surface area (Å²) in [7, 11) is 1.51. The fourth-order valence-corrected chi connectivity index (χ4v) is 7.64. The minimum Gasteiger partial charge on any atom is -0.493 e. The second-order valence-electron chi connectivity index (χ2n) is 10.8. The Morgan fingerprint density at radius 1 is 1.08 bits per heavy atom. The predicted octanol–water partition coefficient (Wildman–Crippen LogP) is 7.19. The predicted molar refractivity (Wildman–Crippen MR) is 188 cm³/mol. The number of alkyl halides is 3. The normalized spacial score (nSPS) is 14.7. The third-order valence-corrected chi connectivity index (χ3v) is 9.98. The molecule has 3 aromatic heterocycles. The summed E-state index contributed by atoms with van der Waals surface area (Å²) in [5, 5.41) is 0.0405. The molecule has 0 N–H and O–H groups in total. The van der Waals surface area contributed by atoms with Gasteiger partial charge in [-0.25, -0.2) is 19.8 Å². The zero-order chi connectivity index (χ0) is 36.4. The van der Waals surface area contributed by atoms with Crippen molar-refractivity contribution in [2.24, 2.45) is 4.99 Å². The van der Waals surface area contributed by atoms with E-state index in [0.717, 1.165) is 29.2 Å². The molecule has 0 unspecified atom stereocenters. The van der Waals surface area contributed by atoms with Crippen LogP contribution in [0.1, 0.15) is 43.8 Å². The number of benzene rings is 2. The molecule has 0 amide bonds. The highest BCUT2D eigenvalue weighted by Gasteiger charge is 2.36. The van der Waals surface area contributed by atoms with E-state index in [4.69, 9.17) is 18.6 Å². The number of rotatable bonds is 10. The maximum atomic E-state index is 14.1. The second-order valence-corrected chi connectivity index (χ2v) is 13.6. The second kappa shape index (κ2) is 14.9. The maximum absolute atomic E-state index is 14.1. The molecular weight excluding hydrogens is 773 g/mol. The van der Waals surface area contributed by atoms with Crippen LogP contribution < -0.4 is 24.4 Å². The van der Waals surface area contributed by atoms with Crippen LogP contribution in [-0.4, -0.2) is 40.8 Å². The van der Waals surface area contributed by atoms with Crippen molar-refractivity contribution in [2.45, 2.75) is 43.2 Å². The number of nitrogens with zero attached hydrogens (tertiary/aromatic N) is 4. The molecule has 10 nitrogen and oxygen atoms in total. The van der Waals surface area contributed by atoms with Gasteiger partial charge in [-0.3, -0.25) is 9.36 Å². The first kappa shape index (κ1) is 36.1. The molecule has 0 aliphatic carbocycles. The summed E-state index contributed by atoms with van der Waals surface area (Å²) in [5.74, 6) is 0.495. The fraction of sp³-hybridized carbons (Fsp3) is 0.229. The van der Waals surface area contributed by atoms with Crippen molar-refractivity contribution in [1.82, 2.24) is 14.5 Å². The Labute approximate surface area is 305 Å². The first-order valence-electron chi connectivity index (χ1n) is 15.4. The molecule has 0 bridgehead atoms. The summed E-state index contributed by atoms with van der Waals surface area (Å²) in [5.41, 5.74) is 0.150. The first-order chi connectivity index (χ1) is 24.4. The standard InChI is InChI=1S/C35H28BrF3N4O6S2/c1-5-47-25-15-21(22(36)16-24(25)46-4)30-29(32(45)48-6-2)18(3)40-34-43(30)31(44)26(50-34)14-20-12-13-28(49-20)51-33-41-23(19-10-8-7-9-11-19)17-27(42-33)35(37,38)39/h7-17,30H,5-6H2,1-4H3/b26-14+/t30-/m0/s1. The summed E-state index contributed by atoms with van der Waals surface area (Å²) in [6.07, 6.45) is -3.19. The van der Waals surface area contributed by atoms with Gasteiger partial charge in [0.2, 0.25) is 0 Å². The van der Waals surface area contributed by atoms with Crippen LogP contribution in [0.15, 0.2) is 101 Å². The fourth-order valence-electron chi connectivity index (χ4n) is 5.33. The molecule has 1 atom stereocenters. The van der Waals surface area contributed by atoms with Gasteiger partial charge in [0.25, 0.3) is 5.56 Å². The van der Waals surface area contributed by atoms with Crippen molar-refractivity contribution in [3.05, 3.63) is 113 Å². The van der Waals surface area contributed by atoms with Crippen molar-refractivity contribution >= 4 is 51.1 Å². The molecule has 5 aromatic rings. The zero-order valence-corrected chi connectivity index (χ0v) is 30.6. The third kappa shape index (κ3) is 7.53. The van der Waals surface area contributed by atoms with E-state index in [1.165, 1.54) is 17.8 Å². The van der Waals surface area contributed by atoms with Crippen LogP contribution in [0.4, 0.5) is 13.2 Å². The lowest BCUT2D eigenvalue weighted by atomic mass is 9.95. The van der Waals surface area contributed by atoms with E-state index in [2.05, 4.69) is 30.9 Å². The number of thiazole rings is 1. The lowest BCUT2D eigenvalue weighted by molar-refractivity contribution is -0.141. The smallest absolute Gasteiger partial charge is 0.433 e. The van der Waals surface area contributed by atoms with Gasteiger partial charge in [0, 0.05) is 16.1 Å². The molecule has 264 valence electrons. The van der Waals surface area contributed by atoms with Gasteiger partial charge in [0.15, 0.2) is 26.5 Å². The summed E-state index contributed by atoms with van der Waals surface area (Å²) in [6.45, 7) is 5.64. The van der Waals surface area contributed by atoms with Crippen molar-refractivity contribution in [3.8, 4) is 22.8 Å². The number of carbonyl (C=O) groups excluding carboxylic acids is 1. The number of halogens is 4. The molecular formula is C35H28BrF3N4O6S2. The average Bonchev–Trinajstić information content (AvgIpc) is 3.67. The quantitative estimate of drug-likeness (QED) is 0.107. The van der Waals surface area contributed by atoms with Crippen LogP contribution >= 0.6 is 39.0 Å². The number of ether oxygens (including phenoxy) is 3. The number of carbonyl (C=O) groups is 1. The highest BCUT2D eigenvalue weighted by molar-refractivity contribution is 9.10. The highest BCUT2D eigenvalue weighted by Crippen LogP contribution is 2.41. The Bertz CT molecular complexity index is 2340. The van der Waals surface area contributed by atoms with Crippen LogP contribution in [0, 0.1) is 0 Å². The molecule has 2 aromatic carbocycles. The Balaban J connectivity index is 1.41. The molecule has 4 heterocycles. The van der Waals surface area contributed by atoms with Gasteiger partial charge in [-0.2, -0.15) is 13.2 Å². The van der Waals surface area contributed by atoms with Gasteiger partial charge in [-0.15, -0.1) is 0 Å². The zero-order valence-electron chi connectivity index (χ0n) is 27.4. The monoisotopic (exact) mass is 800 g/mol. The van der Waals surface area contributed by atoms with Crippen LogP contribution in [0.25, 0.3) is 17.3 Å². The summed E-state index contributed by atoms with van der Waals surface area (Å²) < 4.78 is 66.1. The van der Waals surface area contributed by atoms with Crippen molar-refractivity contribution in [3.63, 3.8) is 0 Å². The topological polar surface area (TPSA) is 118 Å². The Morgan fingerprint density at radius 3 is 2.53 bits per heavy atom. The number of hydrogen-bond donors (Lipinski definition) is 0. The van der Waals surface area contributed by atoms with Gasteiger partial charge in [0.05, 0.1) is 47.9 Å². The first-order valence-corrected chi connectivity index (χ1v) is 17.8. The Morgan fingerprint density at radius 2 is 1.84 bits per heavy atom. The van der Waals surface area contributed by atoms with E-state index >= 15 is 0 Å². The van der Waals surface area contributed by atoms with Gasteiger partial charge >= 0.3 is 12.1 Å². The van der Waals surface area contributed by atoms with Crippen molar-refractivity contribution < 1.29 is 36.6 Å². The average molecular weight is 802 g/mol. The molecule has 1 aliphatic rings. The summed E-state index contributed by atoms with van der Waals surface area (Å²) in [4.78, 5) is 40.5. The number of fused-ring (bicyclic) bond motifs is 1. The molecule has 51 heavy (non-hydrogen) atoms. The van der Waals surface area contributed by atoms with E-state index in [-0.39, 0.29) is 38.4 Å². The van der Waals surface area contributed by atoms with Gasteiger partial charge < -0.3 is 18.6 Å². The van der Waals surface area contributed by atoms with Crippen LogP contribution in [-0.2, 0) is 15.7 Å². The summed E-state index contributed by atoms with van der Waals surface area (Å²) in [6, 6.07) is 15.0. The van der Waals surface area contributed by atoms with Crippen LogP contribution in [0.2, 0.25) is 0 Å². The molecule has 0 saturated carbocycles. The SMILES string of the molecule is CCOC(=O)C1=C(C)N=c2s/c(=C/c3ccc(Sc4nc(-c5ccccc5)cc(C(F)(F)F)n4)o3)c(=O)n2[C@H]1c1cc(OCC)c(OC)cc1Br. The number of furan rings is 1. The molecule has 1 aliphatic heterocycles. The highest BCUT2D eigenvalue weighted by atomic mass is 79.9. The minimum absolute atomic E-state index is 0.109. The van der Waals surface area contributed by atoms with Crippen LogP contribution in [0.3, 0.4) is 0 Å². The summed E-state index contributed by atoms with van der Waals surface area (Å²) >= 11 is 5.49. The van der Waals surface area contributed by atoms with Crippen molar-refractivity contribution in [2.75, 3.05) is 20.3 Å². The molecule has 0 radical (unpaired) electrons. The van der Waals surface area contributed by atoms with E-state index in [9.17, 15) is 22.8 Å². The number of allylic oxidation sites excluding steroid dienone is 1. The molecule has 6 rings (SSSR count).